The molecule has 0 aliphatic carbocycles. The maximum Gasteiger partial charge on any atom is 0.225 e. The zero-order chi connectivity index (χ0) is 8.15. The summed E-state index contributed by atoms with van der Waals surface area (Å²) in [5.41, 5.74) is 2.41. The molecule has 0 radical (unpaired) electrons. The molecule has 0 unspecified atom stereocenters. The van der Waals surface area contributed by atoms with Crippen LogP contribution in [0.1, 0.15) is 13.8 Å². The number of hydrogen-bond acceptors (Lipinski definition) is 3. The van der Waals surface area contributed by atoms with Gasteiger partial charge in [0.2, 0.25) is 5.91 Å². The Balaban J connectivity index is 3.71. The van der Waals surface area contributed by atoms with E-state index < -0.39 is 0 Å². The van der Waals surface area contributed by atoms with Crippen LogP contribution in [0.3, 0.4) is 0 Å². The molecular weight excluding hydrogens is 130 g/mol. The SMILES string of the molecule is CC(C)C(=O)N(C)CNN. The predicted molar refractivity (Wildman–Crippen MR) is 39.8 cm³/mol. The summed E-state index contributed by atoms with van der Waals surface area (Å²) in [6, 6.07) is 0. The van der Waals surface area contributed by atoms with Crippen molar-refractivity contribution in [2.75, 3.05) is 13.7 Å². The van der Waals surface area contributed by atoms with Crippen molar-refractivity contribution in [3.05, 3.63) is 0 Å². The van der Waals surface area contributed by atoms with Crippen LogP contribution >= 0.6 is 0 Å². The molecule has 0 saturated heterocycles. The van der Waals surface area contributed by atoms with Gasteiger partial charge in [0.25, 0.3) is 0 Å². The van der Waals surface area contributed by atoms with E-state index in [4.69, 9.17) is 5.84 Å². The van der Waals surface area contributed by atoms with Gasteiger partial charge in [0.05, 0.1) is 6.67 Å². The average molecular weight is 145 g/mol. The van der Waals surface area contributed by atoms with Crippen molar-refractivity contribution in [3.8, 4) is 0 Å². The molecule has 60 valence electrons. The van der Waals surface area contributed by atoms with E-state index in [0.717, 1.165) is 0 Å². The minimum Gasteiger partial charge on any atom is -0.332 e. The van der Waals surface area contributed by atoms with Crippen LogP contribution in [0.25, 0.3) is 0 Å². The summed E-state index contributed by atoms with van der Waals surface area (Å²) < 4.78 is 0. The van der Waals surface area contributed by atoms with Gasteiger partial charge in [0, 0.05) is 13.0 Å². The Hall–Kier alpha value is -0.610. The largest absolute Gasteiger partial charge is 0.332 e. The Labute approximate surface area is 61.3 Å². The molecule has 0 fully saturated rings. The maximum atomic E-state index is 11.1. The van der Waals surface area contributed by atoms with Gasteiger partial charge in [0.1, 0.15) is 0 Å². The quantitative estimate of drug-likeness (QED) is 0.320. The summed E-state index contributed by atoms with van der Waals surface area (Å²) in [6.45, 7) is 4.11. The van der Waals surface area contributed by atoms with Gasteiger partial charge in [-0.15, -0.1) is 0 Å². The van der Waals surface area contributed by atoms with Crippen LogP contribution in [-0.2, 0) is 4.79 Å². The first-order valence-electron chi connectivity index (χ1n) is 3.28. The van der Waals surface area contributed by atoms with E-state index in [-0.39, 0.29) is 11.8 Å². The molecule has 1 amide bonds. The molecule has 0 saturated carbocycles. The second-order valence-corrected chi connectivity index (χ2v) is 2.55. The lowest BCUT2D eigenvalue weighted by Gasteiger charge is -2.17. The second kappa shape index (κ2) is 4.24. The van der Waals surface area contributed by atoms with Gasteiger partial charge in [-0.2, -0.15) is 0 Å². The van der Waals surface area contributed by atoms with Gasteiger partial charge in [-0.3, -0.25) is 10.6 Å². The highest BCUT2D eigenvalue weighted by Crippen LogP contribution is 1.96. The monoisotopic (exact) mass is 145 g/mol. The fraction of sp³-hybridized carbons (Fsp3) is 0.833. The third-order valence-electron chi connectivity index (χ3n) is 1.20. The van der Waals surface area contributed by atoms with Gasteiger partial charge in [-0.25, -0.2) is 5.43 Å². The van der Waals surface area contributed by atoms with Crippen LogP contribution in [0, 0.1) is 5.92 Å². The average Bonchev–Trinajstić information content (AvgIpc) is 1.87. The first-order chi connectivity index (χ1) is 4.59. The summed E-state index contributed by atoms with van der Waals surface area (Å²) >= 11 is 0. The molecule has 3 N–H and O–H groups in total. The van der Waals surface area contributed by atoms with Gasteiger partial charge < -0.3 is 4.90 Å². The Morgan fingerprint density at radius 2 is 2.20 bits per heavy atom. The highest BCUT2D eigenvalue weighted by molar-refractivity contribution is 5.77. The smallest absolute Gasteiger partial charge is 0.225 e. The number of amides is 1. The molecule has 4 heteroatoms. The number of carbonyl (C=O) groups excluding carboxylic acids is 1. The topological polar surface area (TPSA) is 58.4 Å². The number of nitrogens with zero attached hydrogens (tertiary/aromatic N) is 1. The summed E-state index contributed by atoms with van der Waals surface area (Å²) in [5.74, 6) is 5.16. The zero-order valence-electron chi connectivity index (χ0n) is 6.72. The van der Waals surface area contributed by atoms with Crippen LogP contribution < -0.4 is 11.3 Å². The Kier molecular flexibility index (Phi) is 3.99. The molecule has 0 bridgehead atoms. The fourth-order valence-corrected chi connectivity index (χ4v) is 0.656. The summed E-state index contributed by atoms with van der Waals surface area (Å²) in [5, 5.41) is 0. The van der Waals surface area contributed by atoms with E-state index >= 15 is 0 Å². The lowest BCUT2D eigenvalue weighted by Crippen LogP contribution is -2.40. The van der Waals surface area contributed by atoms with Crippen molar-refractivity contribution < 1.29 is 4.79 Å². The van der Waals surface area contributed by atoms with Crippen LogP contribution in [0.15, 0.2) is 0 Å². The lowest BCUT2D eigenvalue weighted by molar-refractivity contribution is -0.133. The maximum absolute atomic E-state index is 11.1. The Morgan fingerprint density at radius 1 is 1.70 bits per heavy atom. The molecule has 0 aromatic carbocycles. The van der Waals surface area contributed by atoms with E-state index in [0.29, 0.717) is 6.67 Å². The van der Waals surface area contributed by atoms with Crippen LogP contribution in [-0.4, -0.2) is 24.5 Å². The lowest BCUT2D eigenvalue weighted by atomic mass is 10.2. The number of hydrogen-bond donors (Lipinski definition) is 2. The third-order valence-corrected chi connectivity index (χ3v) is 1.20. The molecular formula is C6H15N3O. The van der Waals surface area contributed by atoms with Crippen molar-refractivity contribution in [3.63, 3.8) is 0 Å². The molecule has 0 heterocycles. The zero-order valence-corrected chi connectivity index (χ0v) is 6.72. The number of nitrogens with two attached hydrogens (primary N) is 1. The number of carbonyl (C=O) groups is 1. The fourth-order valence-electron chi connectivity index (χ4n) is 0.656. The van der Waals surface area contributed by atoms with E-state index in [1.165, 1.54) is 0 Å². The van der Waals surface area contributed by atoms with Crippen molar-refractivity contribution in [1.29, 1.82) is 0 Å². The van der Waals surface area contributed by atoms with E-state index in [9.17, 15) is 4.79 Å². The van der Waals surface area contributed by atoms with Crippen molar-refractivity contribution in [1.82, 2.24) is 10.3 Å². The number of rotatable bonds is 3. The molecule has 0 aliphatic heterocycles. The minimum atomic E-state index is 0.0401. The molecule has 0 aliphatic rings. The normalized spacial score (nSPS) is 10.1. The molecule has 0 spiro atoms. The number of nitrogens with one attached hydrogen (secondary N) is 1. The van der Waals surface area contributed by atoms with Gasteiger partial charge in [0.15, 0.2) is 0 Å². The van der Waals surface area contributed by atoms with Gasteiger partial charge >= 0.3 is 0 Å². The molecule has 0 atom stereocenters. The molecule has 4 nitrogen and oxygen atoms in total. The minimum absolute atomic E-state index is 0.0401. The van der Waals surface area contributed by atoms with E-state index in [1.54, 1.807) is 11.9 Å². The first-order valence-corrected chi connectivity index (χ1v) is 3.28. The van der Waals surface area contributed by atoms with Crippen molar-refractivity contribution >= 4 is 5.91 Å². The van der Waals surface area contributed by atoms with E-state index in [1.807, 2.05) is 13.8 Å². The molecule has 0 aromatic rings. The van der Waals surface area contributed by atoms with Crippen molar-refractivity contribution in [2.24, 2.45) is 11.8 Å². The highest BCUT2D eigenvalue weighted by Gasteiger charge is 2.10. The van der Waals surface area contributed by atoms with Crippen LogP contribution in [0.2, 0.25) is 0 Å². The summed E-state index contributed by atoms with van der Waals surface area (Å²) in [6.07, 6.45) is 0. The predicted octanol–water partition coefficient (Wildman–Crippen LogP) is -0.478. The molecule has 10 heavy (non-hydrogen) atoms. The van der Waals surface area contributed by atoms with Crippen LogP contribution in [0.4, 0.5) is 0 Å². The highest BCUT2D eigenvalue weighted by atomic mass is 16.2. The number of hydrazine groups is 1. The van der Waals surface area contributed by atoms with Crippen LogP contribution in [0.5, 0.6) is 0 Å². The first kappa shape index (κ1) is 9.39. The second-order valence-electron chi connectivity index (χ2n) is 2.55. The Morgan fingerprint density at radius 3 is 2.50 bits per heavy atom. The molecule has 0 aromatic heterocycles. The molecule has 0 rings (SSSR count). The summed E-state index contributed by atoms with van der Waals surface area (Å²) in [7, 11) is 1.71. The van der Waals surface area contributed by atoms with Gasteiger partial charge in [-0.1, -0.05) is 13.8 Å². The van der Waals surface area contributed by atoms with Crippen molar-refractivity contribution in [2.45, 2.75) is 13.8 Å². The van der Waals surface area contributed by atoms with Gasteiger partial charge in [-0.05, 0) is 0 Å². The standard InChI is InChI=1S/C6H15N3O/c1-5(2)6(10)9(3)4-8-7/h5,8H,4,7H2,1-3H3. The summed E-state index contributed by atoms with van der Waals surface area (Å²) in [4.78, 5) is 12.6. The van der Waals surface area contributed by atoms with E-state index in [2.05, 4.69) is 5.43 Å². The Bertz CT molecular complexity index is 114. The third kappa shape index (κ3) is 2.80.